The maximum Gasteiger partial charge on any atom is 0.200 e. The number of halogens is 7. The molecule has 4 aromatic rings. The number of hydrogen-bond donors (Lipinski definition) is 0. The molecule has 0 saturated heterocycles. The van der Waals surface area contributed by atoms with Crippen LogP contribution in [0.3, 0.4) is 0 Å². The van der Waals surface area contributed by atoms with Gasteiger partial charge >= 0.3 is 0 Å². The highest BCUT2D eigenvalue weighted by Gasteiger charge is 2.29. The lowest BCUT2D eigenvalue weighted by Crippen LogP contribution is -2.12. The lowest BCUT2D eigenvalue weighted by molar-refractivity contribution is 0.350. The van der Waals surface area contributed by atoms with Crippen LogP contribution in [0.1, 0.15) is 0 Å². The molecule has 0 aromatic heterocycles. The van der Waals surface area contributed by atoms with E-state index in [1.165, 1.54) is 14.7 Å². The normalized spacial score (nSPS) is 11.2. The van der Waals surface area contributed by atoms with E-state index in [4.69, 9.17) is 23.2 Å². The van der Waals surface area contributed by atoms with E-state index >= 15 is 0 Å². The summed E-state index contributed by atoms with van der Waals surface area (Å²) in [5.41, 5.74) is 0. The molecule has 0 saturated carbocycles. The monoisotopic (exact) mass is 578 g/mol. The molecule has 0 unspecified atom stereocenters. The van der Waals surface area contributed by atoms with Gasteiger partial charge in [0.1, 0.15) is 15.0 Å². The molecule has 36 heavy (non-hydrogen) atoms. The summed E-state index contributed by atoms with van der Waals surface area (Å²) in [7, 11) is -5.92. The van der Waals surface area contributed by atoms with Crippen LogP contribution in [0.4, 0.5) is 22.0 Å². The zero-order valence-electron chi connectivity index (χ0n) is 17.7. The van der Waals surface area contributed by atoms with E-state index in [1.54, 1.807) is 0 Å². The first-order chi connectivity index (χ1) is 16.9. The van der Waals surface area contributed by atoms with Gasteiger partial charge in [-0.05, 0) is 60.7 Å². The van der Waals surface area contributed by atoms with Gasteiger partial charge in [-0.15, -0.1) is 0 Å². The van der Waals surface area contributed by atoms with Crippen LogP contribution in [0, 0.1) is 29.1 Å². The van der Waals surface area contributed by atoms with Crippen molar-refractivity contribution in [3.63, 3.8) is 0 Å². The zero-order valence-corrected chi connectivity index (χ0v) is 20.8. The Labute approximate surface area is 216 Å². The Hall–Kier alpha value is -2.63. The fraction of sp³-hybridized carbons (Fsp3) is 0. The first kappa shape index (κ1) is 27.9. The lowest BCUT2D eigenvalue weighted by Gasteiger charge is -2.10. The molecule has 0 N–H and O–H groups in total. The molecular weight excluding hydrogens is 566 g/mol. The Morgan fingerprint density at radius 2 is 0.889 bits per heavy atom. The van der Waals surface area contributed by atoms with E-state index in [1.807, 2.05) is 30.3 Å². The second kappa shape index (κ2) is 11.6. The molecule has 0 heterocycles. The van der Waals surface area contributed by atoms with Crippen LogP contribution in [0.5, 0.6) is 0 Å². The van der Waals surface area contributed by atoms with Gasteiger partial charge in [0.15, 0.2) is 38.0 Å². The first-order valence-electron chi connectivity index (χ1n) is 9.69. The summed E-state index contributed by atoms with van der Waals surface area (Å²) in [6, 6.07) is 26.6. The summed E-state index contributed by atoms with van der Waals surface area (Å²) in [5, 5.41) is 1.51. The Kier molecular flexibility index (Phi) is 9.02. The van der Waals surface area contributed by atoms with Crippen LogP contribution < -0.4 is 0 Å². The third-order valence-electron chi connectivity index (χ3n) is 4.50. The second-order valence-corrected chi connectivity index (χ2v) is 11.1. The van der Waals surface area contributed by atoms with Crippen LogP contribution >= 0.6 is 23.2 Å². The molecule has 12 heteroatoms. The van der Waals surface area contributed by atoms with Crippen LogP contribution in [0.15, 0.2) is 98.4 Å². The summed E-state index contributed by atoms with van der Waals surface area (Å²) < 4.78 is 92.9. The highest BCUT2D eigenvalue weighted by molar-refractivity contribution is 7.97. The topological polar surface area (TPSA) is 57.2 Å². The largest absolute Gasteiger partial charge is 0.744 e. The molecule has 0 radical (unpaired) electrons. The first-order valence-corrected chi connectivity index (χ1v) is 13.1. The fourth-order valence-corrected chi connectivity index (χ4v) is 5.84. The predicted molar refractivity (Wildman–Crippen MR) is 126 cm³/mol. The molecule has 0 bridgehead atoms. The summed E-state index contributed by atoms with van der Waals surface area (Å²) in [6.07, 6.45) is 0. The van der Waals surface area contributed by atoms with Crippen molar-refractivity contribution in [1.82, 2.24) is 0 Å². The Bertz CT molecular complexity index is 1390. The molecular formula is C24H13Cl2F5O3S2. The number of hydrogen-bond acceptors (Lipinski definition) is 3. The van der Waals surface area contributed by atoms with Gasteiger partial charge < -0.3 is 4.55 Å². The summed E-state index contributed by atoms with van der Waals surface area (Å²) in [4.78, 5) is 1.39. The molecule has 4 rings (SSSR count). The minimum absolute atomic E-state index is 0.148. The lowest BCUT2D eigenvalue weighted by atomic mass is 10.3. The van der Waals surface area contributed by atoms with E-state index in [0.717, 1.165) is 10.0 Å². The van der Waals surface area contributed by atoms with E-state index in [0.29, 0.717) is 0 Å². The average molecular weight is 579 g/mol. The highest BCUT2D eigenvalue weighted by atomic mass is 35.5. The number of benzene rings is 4. The van der Waals surface area contributed by atoms with Gasteiger partial charge in [0.25, 0.3) is 0 Å². The van der Waals surface area contributed by atoms with Gasteiger partial charge in [-0.2, -0.15) is 0 Å². The Morgan fingerprint density at radius 1 is 0.556 bits per heavy atom. The van der Waals surface area contributed by atoms with Crippen molar-refractivity contribution in [2.75, 3.05) is 0 Å². The summed E-state index contributed by atoms with van der Waals surface area (Å²) in [6.45, 7) is 0. The van der Waals surface area contributed by atoms with Gasteiger partial charge in [-0.1, -0.05) is 41.4 Å². The Morgan fingerprint density at radius 3 is 1.25 bits per heavy atom. The number of rotatable bonds is 4. The quantitative estimate of drug-likeness (QED) is 0.0834. The molecule has 3 nitrogen and oxygen atoms in total. The van der Waals surface area contributed by atoms with Gasteiger partial charge in [0.05, 0.1) is 10.9 Å². The molecule has 4 aromatic carbocycles. The molecule has 0 fully saturated rings. The molecule has 188 valence electrons. The highest BCUT2D eigenvalue weighted by Crippen LogP contribution is 2.32. The van der Waals surface area contributed by atoms with Gasteiger partial charge in [-0.3, -0.25) is 0 Å². The molecule has 0 atom stereocenters. The van der Waals surface area contributed by atoms with Crippen molar-refractivity contribution in [2.45, 2.75) is 19.6 Å². The zero-order chi connectivity index (χ0) is 26.6. The molecule has 0 spiro atoms. The van der Waals surface area contributed by atoms with Gasteiger partial charge in [0, 0.05) is 10.0 Å². The van der Waals surface area contributed by atoms with Crippen molar-refractivity contribution in [2.24, 2.45) is 0 Å². The van der Waals surface area contributed by atoms with Crippen LogP contribution in [0.2, 0.25) is 10.0 Å². The van der Waals surface area contributed by atoms with E-state index in [-0.39, 0.29) is 10.9 Å². The molecule has 0 aliphatic rings. The third-order valence-corrected chi connectivity index (χ3v) is 8.09. The SMILES string of the molecule is Clc1ccc([S+](c2ccccc2)c2ccc(Cl)cc2)cc1.O=S(=O)([O-])c1c(F)c(F)c(F)c(F)c1F. The average Bonchev–Trinajstić information content (AvgIpc) is 2.84. The predicted octanol–water partition coefficient (Wildman–Crippen LogP) is 7.38. The minimum atomic E-state index is -5.77. The van der Waals surface area contributed by atoms with Gasteiger partial charge in [-0.25, -0.2) is 30.4 Å². The van der Waals surface area contributed by atoms with Crippen molar-refractivity contribution >= 4 is 44.2 Å². The van der Waals surface area contributed by atoms with Crippen LogP contribution in [-0.4, -0.2) is 13.0 Å². The van der Waals surface area contributed by atoms with E-state index in [9.17, 15) is 34.9 Å². The molecule has 0 aliphatic heterocycles. The Balaban J connectivity index is 0.000000214. The van der Waals surface area contributed by atoms with Crippen molar-refractivity contribution in [1.29, 1.82) is 0 Å². The van der Waals surface area contributed by atoms with Crippen molar-refractivity contribution in [3.8, 4) is 0 Å². The maximum absolute atomic E-state index is 12.6. The van der Waals surface area contributed by atoms with Crippen LogP contribution in [0.25, 0.3) is 0 Å². The molecule has 0 aliphatic carbocycles. The standard InChI is InChI=1S/C18H13Cl2S.C6HF5O3S/c19-14-6-10-17(11-7-14)21(16-4-2-1-3-5-16)18-12-8-15(20)9-13-18;7-1-2(8)4(10)6(15(12,13)14)5(11)3(1)9/h1-13H;(H,12,13,14)/q+1;/p-1. The summed E-state index contributed by atoms with van der Waals surface area (Å²) in [5.74, 6) is -12.8. The molecule has 0 amide bonds. The smallest absolute Gasteiger partial charge is 0.200 e. The second-order valence-electron chi connectivity index (χ2n) is 6.88. The van der Waals surface area contributed by atoms with E-state index < -0.39 is 44.1 Å². The van der Waals surface area contributed by atoms with Crippen molar-refractivity contribution in [3.05, 3.63) is 118 Å². The third kappa shape index (κ3) is 6.37. The minimum Gasteiger partial charge on any atom is -0.744 e. The van der Waals surface area contributed by atoms with E-state index in [2.05, 4.69) is 48.5 Å². The van der Waals surface area contributed by atoms with Crippen molar-refractivity contribution < 1.29 is 34.9 Å². The van der Waals surface area contributed by atoms with Crippen LogP contribution in [-0.2, 0) is 21.0 Å². The summed E-state index contributed by atoms with van der Waals surface area (Å²) >= 11 is 12.0. The maximum atomic E-state index is 12.6. The van der Waals surface area contributed by atoms with Gasteiger partial charge in [0.2, 0.25) is 5.82 Å². The fourth-order valence-electron chi connectivity index (χ4n) is 2.91.